The minimum Gasteiger partial charge on any atom is -0.455 e. The molecule has 0 bridgehead atoms. The van der Waals surface area contributed by atoms with Crippen LogP contribution in [0.25, 0.3) is 0 Å². The van der Waals surface area contributed by atoms with E-state index in [1.165, 1.54) is 15.9 Å². The Labute approximate surface area is 202 Å². The summed E-state index contributed by atoms with van der Waals surface area (Å²) in [5, 5.41) is 3.89. The third-order valence-electron chi connectivity index (χ3n) is 6.02. The highest BCUT2D eigenvalue weighted by molar-refractivity contribution is 7.96. The van der Waals surface area contributed by atoms with Crippen molar-refractivity contribution in [3.8, 4) is 11.5 Å². The summed E-state index contributed by atoms with van der Waals surface area (Å²) in [6, 6.07) is 50.9. The third-order valence-corrected chi connectivity index (χ3v) is 10.3. The van der Waals surface area contributed by atoms with Crippen LogP contribution in [-0.2, 0) is 0 Å². The van der Waals surface area contributed by atoms with Crippen molar-refractivity contribution in [3.63, 3.8) is 0 Å². The van der Waals surface area contributed by atoms with Crippen LogP contribution in [0.1, 0.15) is 0 Å². The highest BCUT2D eigenvalue weighted by Gasteiger charge is 2.51. The summed E-state index contributed by atoms with van der Waals surface area (Å²) in [5.74, 6) is 1.66. The van der Waals surface area contributed by atoms with Gasteiger partial charge in [0.05, 0.1) is 0 Å². The van der Waals surface area contributed by atoms with Gasteiger partial charge in [-0.2, -0.15) is 0 Å². The van der Waals surface area contributed by atoms with E-state index in [0.717, 1.165) is 17.2 Å². The molecule has 5 rings (SSSR count). The summed E-state index contributed by atoms with van der Waals surface area (Å²) in [7, 11) is -0.0422. The molecule has 0 aliphatic rings. The molecular weight excluding hydrogens is 433 g/mol. The maximum Gasteiger partial charge on any atom is 0.202 e. The molecule has 0 N–H and O–H groups in total. The van der Waals surface area contributed by atoms with Gasteiger partial charge in [-0.15, -0.1) is 0 Å². The normalized spacial score (nSPS) is 11.1. The molecule has 3 heteroatoms. The maximum absolute atomic E-state index is 6.41. The number of para-hydroxylation sites is 3. The van der Waals surface area contributed by atoms with Gasteiger partial charge in [-0.3, -0.25) is 0 Å². The topological polar surface area (TPSA) is 12.5 Å². The zero-order chi connectivity index (χ0) is 23.2. The molecule has 0 unspecified atom stereocenters. The SMILES string of the molecule is CN(c1ccccc1Oc1ccccc1)[P+](c1ccccc1)(c1ccccc1)c1ccccc1. The van der Waals surface area contributed by atoms with Crippen LogP contribution in [-0.4, -0.2) is 7.05 Å². The van der Waals surface area contributed by atoms with Crippen molar-refractivity contribution in [3.05, 3.63) is 146 Å². The summed E-state index contributed by atoms with van der Waals surface area (Å²) >= 11 is 0. The molecule has 34 heavy (non-hydrogen) atoms. The highest BCUT2D eigenvalue weighted by Crippen LogP contribution is 2.60. The average molecular weight is 461 g/mol. The summed E-state index contributed by atoms with van der Waals surface area (Å²) in [6.45, 7) is 0. The molecule has 0 aliphatic carbocycles. The standard InChI is InChI=1S/C31H27NOP/c1-32(30-24-14-15-25-31(30)33-26-16-6-2-7-17-26)34(27-18-8-3-9-19-27,28-20-10-4-11-21-28)29-22-12-5-13-23-29/h2-25H,1H3/q+1. The first-order valence-corrected chi connectivity index (χ1v) is 13.2. The number of hydrogen-bond donors (Lipinski definition) is 0. The van der Waals surface area contributed by atoms with Gasteiger partial charge >= 0.3 is 0 Å². The van der Waals surface area contributed by atoms with Gasteiger partial charge in [0, 0.05) is 7.05 Å². The van der Waals surface area contributed by atoms with Gasteiger partial charge in [0.1, 0.15) is 27.4 Å². The molecule has 0 saturated carbocycles. The third kappa shape index (κ3) is 4.09. The molecule has 5 aromatic rings. The summed E-state index contributed by atoms with van der Waals surface area (Å²) in [6.07, 6.45) is 0. The Kier molecular flexibility index (Phi) is 6.42. The van der Waals surface area contributed by atoms with Gasteiger partial charge in [0.15, 0.2) is 5.75 Å². The molecule has 0 aliphatic heterocycles. The van der Waals surface area contributed by atoms with Gasteiger partial charge in [-0.05, 0) is 60.7 Å². The summed E-state index contributed by atoms with van der Waals surface area (Å²) in [4.78, 5) is 0. The van der Waals surface area contributed by atoms with Gasteiger partial charge in [-0.25, -0.2) is 4.67 Å². The molecule has 0 fully saturated rings. The van der Waals surface area contributed by atoms with Crippen molar-refractivity contribution in [2.45, 2.75) is 0 Å². The van der Waals surface area contributed by atoms with E-state index in [9.17, 15) is 0 Å². The van der Waals surface area contributed by atoms with Gasteiger partial charge < -0.3 is 4.74 Å². The Morgan fingerprint density at radius 2 is 0.853 bits per heavy atom. The van der Waals surface area contributed by atoms with Crippen LogP contribution in [0.15, 0.2) is 146 Å². The van der Waals surface area contributed by atoms with Gasteiger partial charge in [0.2, 0.25) is 7.41 Å². The van der Waals surface area contributed by atoms with Crippen LogP contribution in [0, 0.1) is 0 Å². The highest BCUT2D eigenvalue weighted by atomic mass is 31.2. The first-order valence-electron chi connectivity index (χ1n) is 11.4. The number of hydrogen-bond acceptors (Lipinski definition) is 2. The molecule has 0 spiro atoms. The molecule has 0 amide bonds. The zero-order valence-electron chi connectivity index (χ0n) is 19.2. The smallest absolute Gasteiger partial charge is 0.202 e. The first-order chi connectivity index (χ1) is 16.8. The fourth-order valence-corrected chi connectivity index (χ4v) is 8.72. The quantitative estimate of drug-likeness (QED) is 0.247. The molecule has 5 aromatic carbocycles. The minimum atomic E-state index is -2.24. The van der Waals surface area contributed by atoms with E-state index in [1.54, 1.807) is 0 Å². The molecule has 0 aromatic heterocycles. The number of ether oxygens (including phenoxy) is 1. The molecule has 2 nitrogen and oxygen atoms in total. The summed E-state index contributed by atoms with van der Waals surface area (Å²) < 4.78 is 8.86. The lowest BCUT2D eigenvalue weighted by atomic mass is 10.3. The average Bonchev–Trinajstić information content (AvgIpc) is 2.92. The second-order valence-electron chi connectivity index (χ2n) is 8.05. The predicted octanol–water partition coefficient (Wildman–Crippen LogP) is 6.82. The second kappa shape index (κ2) is 9.95. The molecule has 0 saturated heterocycles. The Balaban J connectivity index is 1.76. The lowest BCUT2D eigenvalue weighted by Crippen LogP contribution is -2.41. The molecule has 0 atom stereocenters. The number of nitrogens with zero attached hydrogens (tertiary/aromatic N) is 1. The number of anilines is 1. The predicted molar refractivity (Wildman–Crippen MR) is 147 cm³/mol. The minimum absolute atomic E-state index is 0.825. The lowest BCUT2D eigenvalue weighted by Gasteiger charge is -2.36. The van der Waals surface area contributed by atoms with E-state index >= 15 is 0 Å². The summed E-state index contributed by atoms with van der Waals surface area (Å²) in [5.41, 5.74) is 1.05. The molecule has 0 radical (unpaired) electrons. The van der Waals surface area contributed by atoms with Crippen LogP contribution in [0.3, 0.4) is 0 Å². The van der Waals surface area contributed by atoms with E-state index in [2.05, 4.69) is 121 Å². The van der Waals surface area contributed by atoms with Crippen molar-refractivity contribution >= 4 is 29.0 Å². The van der Waals surface area contributed by atoms with Gasteiger partial charge in [-0.1, -0.05) is 84.9 Å². The fourth-order valence-electron chi connectivity index (χ4n) is 4.49. The Morgan fingerprint density at radius 1 is 0.471 bits per heavy atom. The van der Waals surface area contributed by atoms with Crippen molar-refractivity contribution < 1.29 is 4.74 Å². The van der Waals surface area contributed by atoms with E-state index in [4.69, 9.17) is 4.74 Å². The number of benzene rings is 5. The van der Waals surface area contributed by atoms with Crippen molar-refractivity contribution in [1.82, 2.24) is 0 Å². The van der Waals surface area contributed by atoms with E-state index in [1.807, 2.05) is 36.4 Å². The van der Waals surface area contributed by atoms with Crippen LogP contribution >= 0.6 is 7.41 Å². The first kappa shape index (κ1) is 21.9. The maximum atomic E-state index is 6.41. The van der Waals surface area contributed by atoms with Crippen LogP contribution in [0.4, 0.5) is 5.69 Å². The van der Waals surface area contributed by atoms with Crippen LogP contribution in [0.2, 0.25) is 0 Å². The fraction of sp³-hybridized carbons (Fsp3) is 0.0323. The van der Waals surface area contributed by atoms with Crippen molar-refractivity contribution in [2.75, 3.05) is 11.7 Å². The van der Waals surface area contributed by atoms with Gasteiger partial charge in [0.25, 0.3) is 0 Å². The Hall–Kier alpha value is -3.87. The number of rotatable bonds is 7. The largest absolute Gasteiger partial charge is 0.455 e. The van der Waals surface area contributed by atoms with E-state index in [-0.39, 0.29) is 0 Å². The van der Waals surface area contributed by atoms with Crippen LogP contribution < -0.4 is 25.3 Å². The van der Waals surface area contributed by atoms with E-state index < -0.39 is 7.41 Å². The Morgan fingerprint density at radius 3 is 1.32 bits per heavy atom. The lowest BCUT2D eigenvalue weighted by molar-refractivity contribution is 0.484. The van der Waals surface area contributed by atoms with Crippen LogP contribution in [0.5, 0.6) is 11.5 Å². The van der Waals surface area contributed by atoms with Crippen molar-refractivity contribution in [2.24, 2.45) is 0 Å². The molecular formula is C31H27NOP+. The second-order valence-corrected chi connectivity index (χ2v) is 11.5. The molecule has 0 heterocycles. The van der Waals surface area contributed by atoms with Crippen molar-refractivity contribution in [1.29, 1.82) is 0 Å². The zero-order valence-corrected chi connectivity index (χ0v) is 20.1. The Bertz CT molecular complexity index is 1230. The van der Waals surface area contributed by atoms with E-state index in [0.29, 0.717) is 0 Å². The molecule has 166 valence electrons. The monoisotopic (exact) mass is 460 g/mol.